The third kappa shape index (κ3) is 2.67. The van der Waals surface area contributed by atoms with Gasteiger partial charge in [-0.2, -0.15) is 0 Å². The first-order valence-corrected chi connectivity index (χ1v) is 7.71. The van der Waals surface area contributed by atoms with E-state index in [1.54, 1.807) is 4.90 Å². The van der Waals surface area contributed by atoms with Crippen LogP contribution in [-0.2, 0) is 16.0 Å². The number of hydrogen-bond acceptors (Lipinski definition) is 2. The Kier molecular flexibility index (Phi) is 3.70. The number of benzene rings is 1. The van der Waals surface area contributed by atoms with Gasteiger partial charge in [-0.05, 0) is 23.5 Å². The van der Waals surface area contributed by atoms with Crippen LogP contribution in [0.25, 0.3) is 0 Å². The zero-order valence-electron chi connectivity index (χ0n) is 12.7. The van der Waals surface area contributed by atoms with Crippen molar-refractivity contribution in [2.24, 2.45) is 5.92 Å². The molecule has 0 unspecified atom stereocenters. The molecule has 0 spiro atoms. The second-order valence-corrected chi connectivity index (χ2v) is 6.42. The lowest BCUT2D eigenvalue weighted by Crippen LogP contribution is -2.55. The van der Waals surface area contributed by atoms with Crippen molar-refractivity contribution in [2.45, 2.75) is 32.7 Å². The summed E-state index contributed by atoms with van der Waals surface area (Å²) < 4.78 is 0. The predicted molar refractivity (Wildman–Crippen MR) is 80.6 cm³/mol. The summed E-state index contributed by atoms with van der Waals surface area (Å²) in [6, 6.07) is 8.32. The number of hydrogen-bond donors (Lipinski definition) is 0. The fourth-order valence-corrected chi connectivity index (χ4v) is 3.34. The summed E-state index contributed by atoms with van der Waals surface area (Å²) in [5.74, 6) is 0.503. The van der Waals surface area contributed by atoms with Gasteiger partial charge in [0.25, 0.3) is 0 Å². The number of nitrogens with zero attached hydrogens (tertiary/aromatic N) is 2. The molecule has 2 amide bonds. The van der Waals surface area contributed by atoms with Gasteiger partial charge in [0.05, 0.1) is 12.6 Å². The van der Waals surface area contributed by atoms with Crippen molar-refractivity contribution in [1.82, 2.24) is 9.80 Å². The van der Waals surface area contributed by atoms with E-state index in [-0.39, 0.29) is 24.4 Å². The number of fused-ring (bicyclic) bond motifs is 3. The molecule has 0 aliphatic carbocycles. The number of rotatable bonds is 2. The summed E-state index contributed by atoms with van der Waals surface area (Å²) in [5, 5.41) is 0. The fourth-order valence-electron chi connectivity index (χ4n) is 3.34. The first-order valence-electron chi connectivity index (χ1n) is 7.71. The monoisotopic (exact) mass is 286 g/mol. The average molecular weight is 286 g/mol. The number of piperazine rings is 1. The van der Waals surface area contributed by atoms with Crippen LogP contribution in [0, 0.1) is 5.92 Å². The molecule has 112 valence electrons. The maximum atomic E-state index is 12.4. The Labute approximate surface area is 125 Å². The Morgan fingerprint density at radius 2 is 2.10 bits per heavy atom. The lowest BCUT2D eigenvalue weighted by molar-refractivity contribution is -0.149. The van der Waals surface area contributed by atoms with E-state index in [9.17, 15) is 9.59 Å². The molecule has 0 radical (unpaired) electrons. The molecule has 3 rings (SSSR count). The molecule has 1 saturated heterocycles. The highest BCUT2D eigenvalue weighted by Gasteiger charge is 2.38. The van der Waals surface area contributed by atoms with Crippen molar-refractivity contribution in [2.75, 3.05) is 19.6 Å². The van der Waals surface area contributed by atoms with Gasteiger partial charge in [0, 0.05) is 19.5 Å². The summed E-state index contributed by atoms with van der Waals surface area (Å²) in [4.78, 5) is 28.4. The Hall–Kier alpha value is -1.84. The zero-order valence-corrected chi connectivity index (χ0v) is 12.7. The van der Waals surface area contributed by atoms with Gasteiger partial charge in [-0.25, -0.2) is 0 Å². The predicted octanol–water partition coefficient (Wildman–Crippen LogP) is 2.00. The Bertz CT molecular complexity index is 568. The molecule has 0 bridgehead atoms. The first-order chi connectivity index (χ1) is 10.1. The van der Waals surface area contributed by atoms with Gasteiger partial charge in [0.2, 0.25) is 11.8 Å². The van der Waals surface area contributed by atoms with Gasteiger partial charge < -0.3 is 9.80 Å². The zero-order chi connectivity index (χ0) is 15.0. The quantitative estimate of drug-likeness (QED) is 0.834. The van der Waals surface area contributed by atoms with Crippen LogP contribution in [0.2, 0.25) is 0 Å². The highest BCUT2D eigenvalue weighted by atomic mass is 16.2. The van der Waals surface area contributed by atoms with E-state index >= 15 is 0 Å². The van der Waals surface area contributed by atoms with Gasteiger partial charge in [0.15, 0.2) is 0 Å². The van der Waals surface area contributed by atoms with Crippen molar-refractivity contribution in [3.05, 3.63) is 35.4 Å². The average Bonchev–Trinajstić information content (AvgIpc) is 2.46. The second kappa shape index (κ2) is 5.51. The van der Waals surface area contributed by atoms with Crippen molar-refractivity contribution >= 4 is 11.8 Å². The fraction of sp³-hybridized carbons (Fsp3) is 0.529. The lowest BCUT2D eigenvalue weighted by Gasteiger charge is -2.44. The summed E-state index contributed by atoms with van der Waals surface area (Å²) in [7, 11) is 0. The Balaban J connectivity index is 1.85. The summed E-state index contributed by atoms with van der Waals surface area (Å²) >= 11 is 0. The summed E-state index contributed by atoms with van der Waals surface area (Å²) in [6.45, 7) is 5.71. The molecule has 2 aliphatic rings. The van der Waals surface area contributed by atoms with E-state index in [1.165, 1.54) is 11.1 Å². The van der Waals surface area contributed by atoms with E-state index in [2.05, 4.69) is 12.1 Å². The van der Waals surface area contributed by atoms with Crippen LogP contribution in [0.3, 0.4) is 0 Å². The highest BCUT2D eigenvalue weighted by molar-refractivity contribution is 5.86. The standard InChI is InChI=1S/C17H22N2O2/c1-12(2)9-16(20)18-10-15-14-6-4-3-5-13(14)7-8-19(15)17(21)11-18/h3-6,12,15H,7-11H2,1-2H3/t15-/m1/s1. The molecule has 4 heteroatoms. The molecule has 0 saturated carbocycles. The van der Waals surface area contributed by atoms with Gasteiger partial charge in [-0.1, -0.05) is 38.1 Å². The Morgan fingerprint density at radius 1 is 1.33 bits per heavy atom. The SMILES string of the molecule is CC(C)CC(=O)N1CC(=O)N2CCc3ccccc3[C@H]2C1. The van der Waals surface area contributed by atoms with Crippen LogP contribution in [0.15, 0.2) is 24.3 Å². The van der Waals surface area contributed by atoms with Crippen LogP contribution in [0.1, 0.15) is 37.4 Å². The molecule has 1 atom stereocenters. The van der Waals surface area contributed by atoms with Crippen LogP contribution < -0.4 is 0 Å². The smallest absolute Gasteiger partial charge is 0.242 e. The number of carbonyl (C=O) groups is 2. The van der Waals surface area contributed by atoms with Crippen molar-refractivity contribution < 1.29 is 9.59 Å². The van der Waals surface area contributed by atoms with Crippen molar-refractivity contribution in [3.63, 3.8) is 0 Å². The summed E-state index contributed by atoms with van der Waals surface area (Å²) in [5.41, 5.74) is 2.52. The maximum absolute atomic E-state index is 12.4. The van der Waals surface area contributed by atoms with Gasteiger partial charge in [-0.15, -0.1) is 0 Å². The molecular weight excluding hydrogens is 264 g/mol. The van der Waals surface area contributed by atoms with Crippen molar-refractivity contribution in [1.29, 1.82) is 0 Å². The van der Waals surface area contributed by atoms with E-state index in [0.29, 0.717) is 18.9 Å². The molecule has 1 aromatic rings. The molecule has 4 nitrogen and oxygen atoms in total. The maximum Gasteiger partial charge on any atom is 0.242 e. The minimum atomic E-state index is 0.0345. The Morgan fingerprint density at radius 3 is 2.86 bits per heavy atom. The minimum absolute atomic E-state index is 0.0345. The van der Waals surface area contributed by atoms with Gasteiger partial charge in [-0.3, -0.25) is 9.59 Å². The molecule has 2 aliphatic heterocycles. The molecular formula is C17H22N2O2. The summed E-state index contributed by atoms with van der Waals surface area (Å²) in [6.07, 6.45) is 1.43. The van der Waals surface area contributed by atoms with Gasteiger partial charge >= 0.3 is 0 Å². The highest BCUT2D eigenvalue weighted by Crippen LogP contribution is 2.33. The number of carbonyl (C=O) groups excluding carboxylic acids is 2. The van der Waals surface area contributed by atoms with Crippen LogP contribution >= 0.6 is 0 Å². The van der Waals surface area contributed by atoms with Crippen LogP contribution in [-0.4, -0.2) is 41.2 Å². The third-order valence-corrected chi connectivity index (χ3v) is 4.39. The normalized spacial score (nSPS) is 21.3. The van der Waals surface area contributed by atoms with Crippen LogP contribution in [0.5, 0.6) is 0 Å². The second-order valence-electron chi connectivity index (χ2n) is 6.42. The van der Waals surface area contributed by atoms with E-state index in [4.69, 9.17) is 0 Å². The third-order valence-electron chi connectivity index (χ3n) is 4.39. The lowest BCUT2D eigenvalue weighted by atomic mass is 9.90. The topological polar surface area (TPSA) is 40.6 Å². The minimum Gasteiger partial charge on any atom is -0.332 e. The largest absolute Gasteiger partial charge is 0.332 e. The van der Waals surface area contributed by atoms with Crippen molar-refractivity contribution in [3.8, 4) is 0 Å². The molecule has 2 heterocycles. The van der Waals surface area contributed by atoms with Crippen LogP contribution in [0.4, 0.5) is 0 Å². The molecule has 0 aromatic heterocycles. The molecule has 0 N–H and O–H groups in total. The van der Waals surface area contributed by atoms with E-state index in [0.717, 1.165) is 13.0 Å². The molecule has 21 heavy (non-hydrogen) atoms. The molecule has 1 fully saturated rings. The van der Waals surface area contributed by atoms with Gasteiger partial charge in [0.1, 0.15) is 0 Å². The molecule has 1 aromatic carbocycles. The first kappa shape index (κ1) is 14.1. The van der Waals surface area contributed by atoms with E-state index in [1.807, 2.05) is 30.9 Å². The number of amides is 2. The van der Waals surface area contributed by atoms with E-state index < -0.39 is 0 Å².